The molecule has 0 unspecified atom stereocenters. The van der Waals surface area contributed by atoms with Crippen LogP contribution in [0.15, 0.2) is 36.5 Å². The summed E-state index contributed by atoms with van der Waals surface area (Å²) in [5, 5.41) is 8.53. The summed E-state index contributed by atoms with van der Waals surface area (Å²) < 4.78 is 0. The van der Waals surface area contributed by atoms with Gasteiger partial charge in [-0.2, -0.15) is 0 Å². The maximum atomic E-state index is 10.3. The molecule has 0 saturated carbocycles. The van der Waals surface area contributed by atoms with Crippen molar-refractivity contribution < 1.29 is 9.90 Å². The van der Waals surface area contributed by atoms with Gasteiger partial charge in [-0.25, -0.2) is 0 Å². The molecule has 2 heteroatoms. The van der Waals surface area contributed by atoms with E-state index in [1.54, 1.807) is 0 Å². The van der Waals surface area contributed by atoms with Crippen molar-refractivity contribution in [2.24, 2.45) is 0 Å². The van der Waals surface area contributed by atoms with Gasteiger partial charge in [0.25, 0.3) is 0 Å². The van der Waals surface area contributed by atoms with Gasteiger partial charge in [0.2, 0.25) is 0 Å². The van der Waals surface area contributed by atoms with Gasteiger partial charge in [0, 0.05) is 6.42 Å². The minimum atomic E-state index is -0.667. The van der Waals surface area contributed by atoms with Crippen LogP contribution in [0.5, 0.6) is 0 Å². The van der Waals surface area contributed by atoms with Gasteiger partial charge in [0.1, 0.15) is 0 Å². The van der Waals surface area contributed by atoms with Crippen LogP contribution in [0.1, 0.15) is 84.0 Å². The lowest BCUT2D eigenvalue weighted by atomic mass is 10.1. The molecular formula is C20H34O2. The first-order valence-corrected chi connectivity index (χ1v) is 8.95. The molecule has 0 spiro atoms. The molecule has 0 aromatic heterocycles. The average molecular weight is 306 g/mol. The van der Waals surface area contributed by atoms with Gasteiger partial charge in [0.15, 0.2) is 0 Å². The Morgan fingerprint density at radius 2 is 1.27 bits per heavy atom. The maximum Gasteiger partial charge on any atom is 0.303 e. The largest absolute Gasteiger partial charge is 0.481 e. The van der Waals surface area contributed by atoms with Gasteiger partial charge in [-0.15, -0.1) is 0 Å². The van der Waals surface area contributed by atoms with Gasteiger partial charge < -0.3 is 5.11 Å². The topological polar surface area (TPSA) is 37.3 Å². The summed E-state index contributed by atoms with van der Waals surface area (Å²) in [4.78, 5) is 10.3. The molecule has 0 aromatic carbocycles. The molecule has 0 saturated heterocycles. The monoisotopic (exact) mass is 306 g/mol. The zero-order valence-electron chi connectivity index (χ0n) is 14.3. The second-order valence-corrected chi connectivity index (χ2v) is 5.72. The fraction of sp³-hybridized carbons (Fsp3) is 0.650. The molecule has 0 aliphatic rings. The molecule has 22 heavy (non-hydrogen) atoms. The molecule has 0 rings (SSSR count). The third kappa shape index (κ3) is 18.7. The second-order valence-electron chi connectivity index (χ2n) is 5.72. The lowest BCUT2D eigenvalue weighted by Crippen LogP contribution is -1.93. The average Bonchev–Trinajstić information content (AvgIpc) is 2.50. The van der Waals surface area contributed by atoms with E-state index < -0.39 is 5.97 Å². The first-order valence-electron chi connectivity index (χ1n) is 8.95. The first-order chi connectivity index (χ1) is 10.8. The second kappa shape index (κ2) is 17.7. The van der Waals surface area contributed by atoms with E-state index >= 15 is 0 Å². The zero-order valence-corrected chi connectivity index (χ0v) is 14.3. The Bertz CT molecular complexity index is 327. The standard InChI is InChI=1S/C20H34O2/c1-2-3-4-5-6-7-8-9-10-11-12-13-14-15-16-17-18-19-20(21)22/h3-6,9-10H,2,7-8,11-19H2,1H3,(H,21,22). The Morgan fingerprint density at radius 3 is 1.95 bits per heavy atom. The normalized spacial score (nSPS) is 12.0. The fourth-order valence-electron chi connectivity index (χ4n) is 2.24. The number of hydrogen-bond acceptors (Lipinski definition) is 1. The molecule has 0 aliphatic carbocycles. The van der Waals surface area contributed by atoms with Crippen LogP contribution in [0.3, 0.4) is 0 Å². The molecule has 0 fully saturated rings. The molecule has 0 amide bonds. The summed E-state index contributed by atoms with van der Waals surface area (Å²) in [5.74, 6) is -0.667. The van der Waals surface area contributed by atoms with Crippen LogP contribution < -0.4 is 0 Å². The third-order valence-corrected chi connectivity index (χ3v) is 3.55. The van der Waals surface area contributed by atoms with Crippen molar-refractivity contribution in [1.29, 1.82) is 0 Å². The van der Waals surface area contributed by atoms with Crippen molar-refractivity contribution >= 4 is 5.97 Å². The van der Waals surface area contributed by atoms with Crippen molar-refractivity contribution in [1.82, 2.24) is 0 Å². The summed E-state index contributed by atoms with van der Waals surface area (Å²) in [6, 6.07) is 0. The van der Waals surface area contributed by atoms with Crippen molar-refractivity contribution in [3.05, 3.63) is 36.5 Å². The Morgan fingerprint density at radius 1 is 0.727 bits per heavy atom. The molecule has 0 atom stereocenters. The van der Waals surface area contributed by atoms with Crippen LogP contribution in [-0.4, -0.2) is 11.1 Å². The smallest absolute Gasteiger partial charge is 0.303 e. The van der Waals surface area contributed by atoms with E-state index in [4.69, 9.17) is 5.11 Å². The summed E-state index contributed by atoms with van der Waals surface area (Å²) in [5.41, 5.74) is 0. The van der Waals surface area contributed by atoms with E-state index in [0.717, 1.165) is 32.1 Å². The number of allylic oxidation sites excluding steroid dienone is 6. The van der Waals surface area contributed by atoms with Crippen molar-refractivity contribution in [3.63, 3.8) is 0 Å². The van der Waals surface area contributed by atoms with Crippen LogP contribution in [-0.2, 0) is 4.79 Å². The van der Waals surface area contributed by atoms with Gasteiger partial charge in [-0.05, 0) is 38.5 Å². The van der Waals surface area contributed by atoms with Crippen LogP contribution in [0.4, 0.5) is 0 Å². The molecular weight excluding hydrogens is 272 g/mol. The molecule has 0 bridgehead atoms. The van der Waals surface area contributed by atoms with Crippen LogP contribution in [0.2, 0.25) is 0 Å². The van der Waals surface area contributed by atoms with E-state index in [-0.39, 0.29) is 0 Å². The fourth-order valence-corrected chi connectivity index (χ4v) is 2.24. The van der Waals surface area contributed by atoms with E-state index in [1.165, 1.54) is 38.5 Å². The molecule has 0 radical (unpaired) electrons. The van der Waals surface area contributed by atoms with Crippen molar-refractivity contribution in [2.75, 3.05) is 0 Å². The summed E-state index contributed by atoms with van der Waals surface area (Å²) in [7, 11) is 0. The van der Waals surface area contributed by atoms with E-state index in [1.807, 2.05) is 0 Å². The highest BCUT2D eigenvalue weighted by molar-refractivity contribution is 5.66. The Kier molecular flexibility index (Phi) is 16.7. The lowest BCUT2D eigenvalue weighted by Gasteiger charge is -2.00. The highest BCUT2D eigenvalue weighted by Crippen LogP contribution is 2.10. The molecule has 126 valence electrons. The van der Waals surface area contributed by atoms with Crippen molar-refractivity contribution in [2.45, 2.75) is 84.0 Å². The minimum absolute atomic E-state index is 0.328. The van der Waals surface area contributed by atoms with Crippen molar-refractivity contribution in [3.8, 4) is 0 Å². The number of rotatable bonds is 15. The van der Waals surface area contributed by atoms with Gasteiger partial charge >= 0.3 is 5.97 Å². The Balaban J connectivity index is 3.19. The number of carboxylic acid groups (broad SMARTS) is 1. The highest BCUT2D eigenvalue weighted by Gasteiger charge is 1.96. The van der Waals surface area contributed by atoms with E-state index in [0.29, 0.717) is 6.42 Å². The van der Waals surface area contributed by atoms with Gasteiger partial charge in [-0.1, -0.05) is 75.5 Å². The maximum absolute atomic E-state index is 10.3. The lowest BCUT2D eigenvalue weighted by molar-refractivity contribution is -0.137. The molecule has 0 heterocycles. The number of aliphatic carboxylic acids is 1. The molecule has 2 nitrogen and oxygen atoms in total. The minimum Gasteiger partial charge on any atom is -0.481 e. The Hall–Kier alpha value is -1.31. The summed E-state index contributed by atoms with van der Waals surface area (Å²) in [6.45, 7) is 2.15. The van der Waals surface area contributed by atoms with Crippen LogP contribution in [0.25, 0.3) is 0 Å². The SMILES string of the molecule is CCC=CC=CCCC=CCCCCCCCCCC(=O)O. The first kappa shape index (κ1) is 20.7. The summed E-state index contributed by atoms with van der Waals surface area (Å²) in [6.07, 6.45) is 26.3. The van der Waals surface area contributed by atoms with Gasteiger partial charge in [0.05, 0.1) is 0 Å². The number of carboxylic acids is 1. The van der Waals surface area contributed by atoms with E-state index in [9.17, 15) is 4.79 Å². The zero-order chi connectivity index (χ0) is 16.3. The predicted octanol–water partition coefficient (Wildman–Crippen LogP) is 6.44. The quantitative estimate of drug-likeness (QED) is 0.215. The van der Waals surface area contributed by atoms with Crippen LogP contribution in [0, 0.1) is 0 Å². The third-order valence-electron chi connectivity index (χ3n) is 3.55. The highest BCUT2D eigenvalue weighted by atomic mass is 16.4. The predicted molar refractivity (Wildman–Crippen MR) is 96.1 cm³/mol. The van der Waals surface area contributed by atoms with Crippen LogP contribution >= 0.6 is 0 Å². The summed E-state index contributed by atoms with van der Waals surface area (Å²) >= 11 is 0. The number of hydrogen-bond donors (Lipinski definition) is 1. The molecule has 0 aromatic rings. The Labute approximate surface area is 137 Å². The van der Waals surface area contributed by atoms with E-state index in [2.05, 4.69) is 43.4 Å². The number of carbonyl (C=O) groups is 1. The number of unbranched alkanes of at least 4 members (excludes halogenated alkanes) is 8. The van der Waals surface area contributed by atoms with Gasteiger partial charge in [-0.3, -0.25) is 4.79 Å². The molecule has 0 aliphatic heterocycles. The molecule has 1 N–H and O–H groups in total.